The van der Waals surface area contributed by atoms with Gasteiger partial charge in [-0.05, 0) is 49.6 Å². The van der Waals surface area contributed by atoms with E-state index in [-0.39, 0.29) is 18.1 Å². The summed E-state index contributed by atoms with van der Waals surface area (Å²) < 4.78 is 13.2. The van der Waals surface area contributed by atoms with E-state index in [1.807, 2.05) is 38.2 Å². The predicted octanol–water partition coefficient (Wildman–Crippen LogP) is 3.99. The molecule has 1 amide bonds. The molecule has 0 aliphatic heterocycles. The SMILES string of the molecule is CC(C)(Cc1c[nH]c2ccccc12)NC(=O)Cc1cccc(F)c1. The molecule has 0 aliphatic carbocycles. The number of carbonyl (C=O) groups is 1. The Morgan fingerprint density at radius 2 is 1.96 bits per heavy atom. The molecule has 0 radical (unpaired) electrons. The summed E-state index contributed by atoms with van der Waals surface area (Å²) in [5, 5.41) is 4.22. The number of amides is 1. The lowest BCUT2D eigenvalue weighted by atomic mass is 9.94. The lowest BCUT2D eigenvalue weighted by molar-refractivity contribution is -0.122. The van der Waals surface area contributed by atoms with Crippen LogP contribution >= 0.6 is 0 Å². The van der Waals surface area contributed by atoms with Gasteiger partial charge in [-0.25, -0.2) is 4.39 Å². The van der Waals surface area contributed by atoms with E-state index >= 15 is 0 Å². The van der Waals surface area contributed by atoms with Gasteiger partial charge < -0.3 is 10.3 Å². The number of halogens is 1. The van der Waals surface area contributed by atoms with Gasteiger partial charge in [-0.15, -0.1) is 0 Å². The Morgan fingerprint density at radius 3 is 2.75 bits per heavy atom. The van der Waals surface area contributed by atoms with Crippen LogP contribution in [0.4, 0.5) is 4.39 Å². The van der Waals surface area contributed by atoms with E-state index in [1.54, 1.807) is 12.1 Å². The van der Waals surface area contributed by atoms with Gasteiger partial charge in [0, 0.05) is 22.6 Å². The van der Waals surface area contributed by atoms with Crippen molar-refractivity contribution in [2.45, 2.75) is 32.2 Å². The van der Waals surface area contributed by atoms with Gasteiger partial charge in [0.2, 0.25) is 5.91 Å². The molecule has 24 heavy (non-hydrogen) atoms. The van der Waals surface area contributed by atoms with Gasteiger partial charge in [0.1, 0.15) is 5.82 Å². The molecule has 0 saturated heterocycles. The van der Waals surface area contributed by atoms with Crippen LogP contribution in [-0.2, 0) is 17.6 Å². The predicted molar refractivity (Wildman–Crippen MR) is 94.3 cm³/mol. The second-order valence-electron chi connectivity index (χ2n) is 6.78. The van der Waals surface area contributed by atoms with Gasteiger partial charge in [0.05, 0.1) is 6.42 Å². The van der Waals surface area contributed by atoms with E-state index in [0.717, 1.165) is 5.52 Å². The Hall–Kier alpha value is -2.62. The molecule has 0 fully saturated rings. The fraction of sp³-hybridized carbons (Fsp3) is 0.250. The lowest BCUT2D eigenvalue weighted by Gasteiger charge is -2.26. The topological polar surface area (TPSA) is 44.9 Å². The first-order valence-corrected chi connectivity index (χ1v) is 8.03. The normalized spacial score (nSPS) is 11.6. The van der Waals surface area contributed by atoms with E-state index < -0.39 is 5.54 Å². The summed E-state index contributed by atoms with van der Waals surface area (Å²) in [7, 11) is 0. The Labute approximate surface area is 140 Å². The Balaban J connectivity index is 1.68. The van der Waals surface area contributed by atoms with E-state index in [2.05, 4.69) is 16.4 Å². The molecule has 2 N–H and O–H groups in total. The summed E-state index contributed by atoms with van der Waals surface area (Å²) in [5.74, 6) is -0.427. The van der Waals surface area contributed by atoms with Crippen LogP contribution in [0, 0.1) is 5.82 Å². The van der Waals surface area contributed by atoms with Crippen molar-refractivity contribution in [3.63, 3.8) is 0 Å². The number of para-hydroxylation sites is 1. The monoisotopic (exact) mass is 324 g/mol. The number of H-pyrrole nitrogens is 1. The van der Waals surface area contributed by atoms with Crippen LogP contribution in [-0.4, -0.2) is 16.4 Å². The molecule has 3 rings (SSSR count). The molecular formula is C20H21FN2O. The maximum Gasteiger partial charge on any atom is 0.224 e. The van der Waals surface area contributed by atoms with Crippen molar-refractivity contribution in [2.24, 2.45) is 0 Å². The Bertz CT molecular complexity index is 867. The zero-order valence-corrected chi connectivity index (χ0v) is 13.9. The van der Waals surface area contributed by atoms with Crippen molar-refractivity contribution in [1.29, 1.82) is 0 Å². The molecule has 0 bridgehead atoms. The van der Waals surface area contributed by atoms with E-state index in [4.69, 9.17) is 0 Å². The highest BCUT2D eigenvalue weighted by Crippen LogP contribution is 2.22. The number of hydrogen-bond acceptors (Lipinski definition) is 1. The molecule has 0 saturated carbocycles. The summed E-state index contributed by atoms with van der Waals surface area (Å²) >= 11 is 0. The number of hydrogen-bond donors (Lipinski definition) is 2. The van der Waals surface area contributed by atoms with Gasteiger partial charge in [0.15, 0.2) is 0 Å². The highest BCUT2D eigenvalue weighted by molar-refractivity contribution is 5.83. The third-order valence-corrected chi connectivity index (χ3v) is 4.04. The molecule has 2 aromatic carbocycles. The highest BCUT2D eigenvalue weighted by atomic mass is 19.1. The van der Waals surface area contributed by atoms with Crippen molar-refractivity contribution >= 4 is 16.8 Å². The van der Waals surface area contributed by atoms with E-state index in [0.29, 0.717) is 12.0 Å². The maximum absolute atomic E-state index is 13.2. The minimum Gasteiger partial charge on any atom is -0.361 e. The third kappa shape index (κ3) is 3.82. The number of fused-ring (bicyclic) bond motifs is 1. The molecule has 0 spiro atoms. The first kappa shape index (κ1) is 16.2. The van der Waals surface area contributed by atoms with E-state index in [9.17, 15) is 9.18 Å². The Morgan fingerprint density at radius 1 is 1.17 bits per heavy atom. The summed E-state index contributed by atoms with van der Waals surface area (Å²) in [5.41, 5.74) is 2.54. The number of aromatic nitrogens is 1. The van der Waals surface area contributed by atoms with Crippen molar-refractivity contribution in [3.05, 3.63) is 71.7 Å². The number of carbonyl (C=O) groups excluding carboxylic acids is 1. The van der Waals surface area contributed by atoms with Crippen LogP contribution in [0.2, 0.25) is 0 Å². The fourth-order valence-corrected chi connectivity index (χ4v) is 3.05. The van der Waals surface area contributed by atoms with Crippen molar-refractivity contribution in [2.75, 3.05) is 0 Å². The molecule has 0 atom stereocenters. The molecule has 124 valence electrons. The molecule has 3 aromatic rings. The van der Waals surface area contributed by atoms with Crippen molar-refractivity contribution in [1.82, 2.24) is 10.3 Å². The summed E-state index contributed by atoms with van der Waals surface area (Å²) in [6.45, 7) is 4.00. The molecule has 1 aromatic heterocycles. The summed E-state index contributed by atoms with van der Waals surface area (Å²) in [4.78, 5) is 15.5. The Kier molecular flexibility index (Phi) is 4.38. The molecule has 3 nitrogen and oxygen atoms in total. The largest absolute Gasteiger partial charge is 0.361 e. The van der Waals surface area contributed by atoms with Gasteiger partial charge >= 0.3 is 0 Å². The maximum atomic E-state index is 13.2. The van der Waals surface area contributed by atoms with Crippen LogP contribution in [0.3, 0.4) is 0 Å². The molecule has 0 aliphatic rings. The van der Waals surface area contributed by atoms with Crippen LogP contribution in [0.5, 0.6) is 0 Å². The van der Waals surface area contributed by atoms with Gasteiger partial charge in [-0.3, -0.25) is 4.79 Å². The van der Waals surface area contributed by atoms with Crippen LogP contribution < -0.4 is 5.32 Å². The lowest BCUT2D eigenvalue weighted by Crippen LogP contribution is -2.45. The molecule has 1 heterocycles. The zero-order valence-electron chi connectivity index (χ0n) is 13.9. The van der Waals surface area contributed by atoms with Gasteiger partial charge in [-0.2, -0.15) is 0 Å². The van der Waals surface area contributed by atoms with Crippen LogP contribution in [0.1, 0.15) is 25.0 Å². The average molecular weight is 324 g/mol. The number of benzene rings is 2. The van der Waals surface area contributed by atoms with Gasteiger partial charge in [0.25, 0.3) is 0 Å². The second kappa shape index (κ2) is 6.48. The number of nitrogens with one attached hydrogen (secondary N) is 2. The zero-order chi connectivity index (χ0) is 17.2. The van der Waals surface area contributed by atoms with Gasteiger partial charge in [-0.1, -0.05) is 30.3 Å². The second-order valence-corrected chi connectivity index (χ2v) is 6.78. The summed E-state index contributed by atoms with van der Waals surface area (Å²) in [6, 6.07) is 14.3. The first-order valence-electron chi connectivity index (χ1n) is 8.03. The molecule has 4 heteroatoms. The molecular weight excluding hydrogens is 303 g/mol. The smallest absolute Gasteiger partial charge is 0.224 e. The molecule has 0 unspecified atom stereocenters. The highest BCUT2D eigenvalue weighted by Gasteiger charge is 2.22. The van der Waals surface area contributed by atoms with Crippen LogP contribution in [0.25, 0.3) is 10.9 Å². The minimum absolute atomic E-state index is 0.106. The first-order chi connectivity index (χ1) is 11.4. The summed E-state index contributed by atoms with van der Waals surface area (Å²) in [6.07, 6.45) is 2.88. The quantitative estimate of drug-likeness (QED) is 0.732. The van der Waals surface area contributed by atoms with E-state index in [1.165, 1.54) is 23.1 Å². The fourth-order valence-electron chi connectivity index (χ4n) is 3.05. The number of rotatable bonds is 5. The standard InChI is InChI=1S/C20H21FN2O/c1-20(2,12-15-13-22-18-9-4-3-8-17(15)18)23-19(24)11-14-6-5-7-16(21)10-14/h3-10,13,22H,11-12H2,1-2H3,(H,23,24). The average Bonchev–Trinajstić information content (AvgIpc) is 2.89. The van der Waals surface area contributed by atoms with Crippen LogP contribution in [0.15, 0.2) is 54.7 Å². The van der Waals surface area contributed by atoms with Crippen molar-refractivity contribution in [3.8, 4) is 0 Å². The third-order valence-electron chi connectivity index (χ3n) is 4.04. The minimum atomic E-state index is -0.393. The van der Waals surface area contributed by atoms with Crippen molar-refractivity contribution < 1.29 is 9.18 Å². The number of aromatic amines is 1.